The molecule has 0 fully saturated rings. The van der Waals surface area contributed by atoms with E-state index in [-0.39, 0.29) is 5.82 Å². The summed E-state index contributed by atoms with van der Waals surface area (Å²) in [5.74, 6) is 0.935. The van der Waals surface area contributed by atoms with Gasteiger partial charge in [-0.1, -0.05) is 30.3 Å². The van der Waals surface area contributed by atoms with Gasteiger partial charge in [0.1, 0.15) is 11.6 Å². The van der Waals surface area contributed by atoms with Crippen molar-refractivity contribution < 1.29 is 4.39 Å². The molecular formula is C20H21FN4. The highest BCUT2D eigenvalue weighted by molar-refractivity contribution is 5.62. The van der Waals surface area contributed by atoms with Gasteiger partial charge in [-0.05, 0) is 44.0 Å². The third-order valence-electron chi connectivity index (χ3n) is 4.12. The van der Waals surface area contributed by atoms with Gasteiger partial charge in [-0.3, -0.25) is 0 Å². The molecule has 0 atom stereocenters. The number of benzene rings is 2. The lowest BCUT2D eigenvalue weighted by atomic mass is 10.1. The number of hydrogen-bond donors (Lipinski definition) is 2. The van der Waals surface area contributed by atoms with Crippen LogP contribution in [-0.2, 0) is 6.54 Å². The van der Waals surface area contributed by atoms with Crippen LogP contribution in [0.25, 0.3) is 0 Å². The summed E-state index contributed by atoms with van der Waals surface area (Å²) in [4.78, 5) is 8.86. The molecule has 3 rings (SSSR count). The van der Waals surface area contributed by atoms with Gasteiger partial charge in [-0.25, -0.2) is 9.37 Å². The zero-order valence-electron chi connectivity index (χ0n) is 14.6. The fourth-order valence-electron chi connectivity index (χ4n) is 2.55. The Morgan fingerprint density at radius 1 is 0.960 bits per heavy atom. The quantitative estimate of drug-likeness (QED) is 0.696. The Kier molecular flexibility index (Phi) is 4.93. The lowest BCUT2D eigenvalue weighted by Crippen LogP contribution is -2.07. The summed E-state index contributed by atoms with van der Waals surface area (Å²) >= 11 is 0. The predicted octanol–water partition coefficient (Wildman–Crippen LogP) is 4.90. The molecule has 0 radical (unpaired) electrons. The first kappa shape index (κ1) is 16.9. The van der Waals surface area contributed by atoms with Crippen LogP contribution in [0.5, 0.6) is 0 Å². The van der Waals surface area contributed by atoms with Crippen molar-refractivity contribution in [3.8, 4) is 0 Å². The molecule has 3 aromatic rings. The van der Waals surface area contributed by atoms with Crippen LogP contribution < -0.4 is 10.6 Å². The Morgan fingerprint density at radius 2 is 1.76 bits per heavy atom. The van der Waals surface area contributed by atoms with Crippen molar-refractivity contribution in [3.05, 3.63) is 76.7 Å². The summed E-state index contributed by atoms with van der Waals surface area (Å²) in [6.07, 6.45) is 0. The lowest BCUT2D eigenvalue weighted by Gasteiger charge is -2.13. The van der Waals surface area contributed by atoms with Crippen molar-refractivity contribution in [1.29, 1.82) is 0 Å². The van der Waals surface area contributed by atoms with Crippen LogP contribution in [0.1, 0.15) is 22.4 Å². The Hall–Kier alpha value is -2.95. The largest absolute Gasteiger partial charge is 0.350 e. The summed E-state index contributed by atoms with van der Waals surface area (Å²) < 4.78 is 13.7. The van der Waals surface area contributed by atoms with Crippen molar-refractivity contribution in [3.63, 3.8) is 0 Å². The van der Waals surface area contributed by atoms with Crippen LogP contribution >= 0.6 is 0 Å². The van der Waals surface area contributed by atoms with Gasteiger partial charge in [0.15, 0.2) is 0 Å². The average molecular weight is 336 g/mol. The molecule has 128 valence electrons. The smallest absolute Gasteiger partial charge is 0.225 e. The second-order valence-corrected chi connectivity index (χ2v) is 6.04. The standard InChI is InChI=1S/C20H21FN4/c1-13-7-6-10-18(15(13)3)24-19-11-14(2)23-20(25-19)22-12-16-8-4-5-9-17(16)21/h4-11H,12H2,1-3H3,(H2,22,23,24,25). The van der Waals surface area contributed by atoms with E-state index in [0.717, 1.165) is 11.4 Å². The first-order chi connectivity index (χ1) is 12.0. The van der Waals surface area contributed by atoms with Gasteiger partial charge in [0.05, 0.1) is 0 Å². The number of aromatic nitrogens is 2. The van der Waals surface area contributed by atoms with Crippen LogP contribution in [0.15, 0.2) is 48.5 Å². The first-order valence-corrected chi connectivity index (χ1v) is 8.19. The van der Waals surface area contributed by atoms with Crippen LogP contribution in [-0.4, -0.2) is 9.97 Å². The predicted molar refractivity (Wildman–Crippen MR) is 99.7 cm³/mol. The van der Waals surface area contributed by atoms with E-state index in [1.165, 1.54) is 17.2 Å². The minimum Gasteiger partial charge on any atom is -0.350 e. The minimum absolute atomic E-state index is 0.239. The second-order valence-electron chi connectivity index (χ2n) is 6.04. The maximum absolute atomic E-state index is 13.7. The van der Waals surface area contributed by atoms with Gasteiger partial charge in [0, 0.05) is 29.6 Å². The van der Waals surface area contributed by atoms with Gasteiger partial charge in [-0.2, -0.15) is 4.98 Å². The van der Waals surface area contributed by atoms with Gasteiger partial charge >= 0.3 is 0 Å². The molecule has 0 aliphatic rings. The number of anilines is 3. The normalized spacial score (nSPS) is 10.6. The SMILES string of the molecule is Cc1cc(Nc2cccc(C)c2C)nc(NCc2ccccc2F)n1. The molecule has 0 bridgehead atoms. The summed E-state index contributed by atoms with van der Waals surface area (Å²) in [5, 5.41) is 6.43. The van der Waals surface area contributed by atoms with Gasteiger partial charge in [0.25, 0.3) is 0 Å². The maximum atomic E-state index is 13.7. The van der Waals surface area contributed by atoms with Crippen LogP contribution in [0.3, 0.4) is 0 Å². The van der Waals surface area contributed by atoms with Crippen molar-refractivity contribution in [1.82, 2.24) is 9.97 Å². The monoisotopic (exact) mass is 336 g/mol. The van der Waals surface area contributed by atoms with Gasteiger partial charge in [-0.15, -0.1) is 0 Å². The van der Waals surface area contributed by atoms with Crippen molar-refractivity contribution in [2.24, 2.45) is 0 Å². The summed E-state index contributed by atoms with van der Waals surface area (Å²) in [6, 6.07) is 14.7. The van der Waals surface area contributed by atoms with E-state index in [9.17, 15) is 4.39 Å². The van der Waals surface area contributed by atoms with E-state index in [1.54, 1.807) is 12.1 Å². The number of aryl methyl sites for hydroxylation is 2. The molecule has 0 saturated heterocycles. The molecule has 0 aliphatic heterocycles. The number of nitrogens with zero attached hydrogens (tertiary/aromatic N) is 2. The Balaban J connectivity index is 1.78. The molecule has 2 aromatic carbocycles. The van der Waals surface area contributed by atoms with E-state index < -0.39 is 0 Å². The molecule has 2 N–H and O–H groups in total. The van der Waals surface area contributed by atoms with E-state index in [4.69, 9.17) is 0 Å². The van der Waals surface area contributed by atoms with Crippen LogP contribution in [0, 0.1) is 26.6 Å². The second kappa shape index (κ2) is 7.30. The average Bonchev–Trinajstić information content (AvgIpc) is 2.58. The maximum Gasteiger partial charge on any atom is 0.225 e. The van der Waals surface area contributed by atoms with Crippen molar-refractivity contribution in [2.45, 2.75) is 27.3 Å². The molecule has 0 amide bonds. The zero-order chi connectivity index (χ0) is 17.8. The highest BCUT2D eigenvalue weighted by Gasteiger charge is 2.07. The molecule has 4 nitrogen and oxygen atoms in total. The van der Waals surface area contributed by atoms with Crippen molar-refractivity contribution >= 4 is 17.5 Å². The molecule has 0 spiro atoms. The summed E-state index contributed by atoms with van der Waals surface area (Å²) in [6.45, 7) is 6.39. The number of rotatable bonds is 5. The zero-order valence-corrected chi connectivity index (χ0v) is 14.6. The number of nitrogens with one attached hydrogen (secondary N) is 2. The molecule has 0 unspecified atom stereocenters. The highest BCUT2D eigenvalue weighted by atomic mass is 19.1. The Morgan fingerprint density at radius 3 is 2.56 bits per heavy atom. The molecule has 0 saturated carbocycles. The van der Waals surface area contributed by atoms with E-state index in [2.05, 4.69) is 40.5 Å². The van der Waals surface area contributed by atoms with E-state index in [0.29, 0.717) is 23.9 Å². The Bertz CT molecular complexity index is 893. The molecule has 5 heteroatoms. The molecular weight excluding hydrogens is 315 g/mol. The lowest BCUT2D eigenvalue weighted by molar-refractivity contribution is 0.612. The number of hydrogen-bond acceptors (Lipinski definition) is 4. The third-order valence-corrected chi connectivity index (χ3v) is 4.12. The van der Waals surface area contributed by atoms with E-state index >= 15 is 0 Å². The first-order valence-electron chi connectivity index (χ1n) is 8.19. The summed E-state index contributed by atoms with van der Waals surface area (Å²) in [5.41, 5.74) is 4.82. The molecule has 1 aromatic heterocycles. The van der Waals surface area contributed by atoms with Crippen LogP contribution in [0.4, 0.5) is 21.8 Å². The topological polar surface area (TPSA) is 49.8 Å². The van der Waals surface area contributed by atoms with Crippen LogP contribution in [0.2, 0.25) is 0 Å². The van der Waals surface area contributed by atoms with Gasteiger partial charge < -0.3 is 10.6 Å². The summed E-state index contributed by atoms with van der Waals surface area (Å²) in [7, 11) is 0. The third kappa shape index (κ3) is 4.12. The molecule has 25 heavy (non-hydrogen) atoms. The Labute approximate surface area is 147 Å². The highest BCUT2D eigenvalue weighted by Crippen LogP contribution is 2.22. The molecule has 0 aliphatic carbocycles. The van der Waals surface area contributed by atoms with Gasteiger partial charge in [0.2, 0.25) is 5.95 Å². The number of halogens is 1. The fraction of sp³-hybridized carbons (Fsp3) is 0.200. The van der Waals surface area contributed by atoms with E-state index in [1.807, 2.05) is 31.2 Å². The van der Waals surface area contributed by atoms with Crippen molar-refractivity contribution in [2.75, 3.05) is 10.6 Å². The molecule has 1 heterocycles. The minimum atomic E-state index is -0.239. The fourth-order valence-corrected chi connectivity index (χ4v) is 2.55.